The van der Waals surface area contributed by atoms with E-state index in [-0.39, 0.29) is 36.2 Å². The molecule has 0 spiro atoms. The number of fused-ring (bicyclic) bond motifs is 1. The molecule has 2 aliphatic rings. The van der Waals surface area contributed by atoms with Crippen LogP contribution in [0.2, 0.25) is 10.0 Å². The first-order valence-corrected chi connectivity index (χ1v) is 11.7. The molecule has 1 saturated heterocycles. The van der Waals surface area contributed by atoms with Gasteiger partial charge >= 0.3 is 0 Å². The molecule has 3 aromatic carbocycles. The monoisotopic (exact) mass is 510 g/mol. The smallest absolute Gasteiger partial charge is 0.200 e. The summed E-state index contributed by atoms with van der Waals surface area (Å²) in [5.74, 6) is -0.268. The predicted molar refractivity (Wildman–Crippen MR) is 131 cm³/mol. The number of rotatable bonds is 5. The molecular formula is C26H21Cl2FN4O2. The molecule has 2 aliphatic heterocycles. The molecule has 0 bridgehead atoms. The lowest BCUT2D eigenvalue weighted by Crippen LogP contribution is -2.40. The number of nitrogens with zero attached hydrogens (tertiary/aromatic N) is 1. The van der Waals surface area contributed by atoms with E-state index < -0.39 is 6.23 Å². The topological polar surface area (TPSA) is 92.3 Å². The zero-order valence-electron chi connectivity index (χ0n) is 18.3. The van der Waals surface area contributed by atoms with E-state index in [1.54, 1.807) is 42.5 Å². The lowest BCUT2D eigenvalue weighted by molar-refractivity contribution is 0.0341. The summed E-state index contributed by atoms with van der Waals surface area (Å²) >= 11 is 12.6. The van der Waals surface area contributed by atoms with Crippen molar-refractivity contribution in [1.82, 2.24) is 10.9 Å². The highest BCUT2D eigenvalue weighted by molar-refractivity contribution is 6.35. The Balaban J connectivity index is 1.45. The quantitative estimate of drug-likeness (QED) is 0.430. The standard InChI is InChI=1S/C26H21Cl2FN4O2/c27-16-7-10-18(20(28)11-16)24-23-22(19(12-30)25(31)35-26(23)33-32-24)14-5-8-17(9-6-14)34-13-15-3-1-2-4-21(15)29/h1-11,22-24,26,32-33H,13,31H2. The number of allylic oxidation sites excluding steroid dienone is 1. The highest BCUT2D eigenvalue weighted by atomic mass is 35.5. The minimum Gasteiger partial charge on any atom is -0.489 e. The van der Waals surface area contributed by atoms with E-state index in [2.05, 4.69) is 16.9 Å². The van der Waals surface area contributed by atoms with Crippen LogP contribution >= 0.6 is 23.2 Å². The van der Waals surface area contributed by atoms with Crippen LogP contribution in [0.15, 0.2) is 78.2 Å². The predicted octanol–water partition coefficient (Wildman–Crippen LogP) is 5.31. The third-order valence-electron chi connectivity index (χ3n) is 6.34. The van der Waals surface area contributed by atoms with E-state index >= 15 is 0 Å². The Morgan fingerprint density at radius 1 is 1.06 bits per heavy atom. The Hall–Kier alpha value is -3.28. The number of nitrogens with two attached hydrogens (primary N) is 1. The fourth-order valence-corrected chi connectivity index (χ4v) is 5.19. The molecule has 35 heavy (non-hydrogen) atoms. The van der Waals surface area contributed by atoms with Crippen molar-refractivity contribution in [3.63, 3.8) is 0 Å². The minimum absolute atomic E-state index is 0.0794. The van der Waals surface area contributed by atoms with Crippen molar-refractivity contribution in [1.29, 1.82) is 5.26 Å². The van der Waals surface area contributed by atoms with E-state index in [0.717, 1.165) is 11.1 Å². The lowest BCUT2D eigenvalue weighted by Gasteiger charge is -2.36. The first-order chi connectivity index (χ1) is 17.0. The number of nitrogens with one attached hydrogen (secondary N) is 2. The maximum Gasteiger partial charge on any atom is 0.200 e. The van der Waals surface area contributed by atoms with E-state index in [0.29, 0.717) is 26.9 Å². The van der Waals surface area contributed by atoms with Gasteiger partial charge in [0.25, 0.3) is 0 Å². The number of hydrogen-bond donors (Lipinski definition) is 3. The van der Waals surface area contributed by atoms with Crippen molar-refractivity contribution in [3.8, 4) is 11.8 Å². The Labute approximate surface area is 212 Å². The Kier molecular flexibility index (Phi) is 6.54. The van der Waals surface area contributed by atoms with Crippen molar-refractivity contribution < 1.29 is 13.9 Å². The third kappa shape index (κ3) is 4.54. The molecule has 3 aromatic rings. The van der Waals surface area contributed by atoms with Gasteiger partial charge in [-0.25, -0.2) is 15.2 Å². The van der Waals surface area contributed by atoms with Gasteiger partial charge < -0.3 is 15.2 Å². The molecule has 0 radical (unpaired) electrons. The summed E-state index contributed by atoms with van der Waals surface area (Å²) in [6.45, 7) is 0.106. The number of nitriles is 1. The van der Waals surface area contributed by atoms with Crippen LogP contribution in [-0.4, -0.2) is 6.23 Å². The van der Waals surface area contributed by atoms with Crippen LogP contribution in [0, 0.1) is 23.1 Å². The lowest BCUT2D eigenvalue weighted by atomic mass is 9.74. The van der Waals surface area contributed by atoms with E-state index in [1.807, 2.05) is 18.2 Å². The van der Waals surface area contributed by atoms with Gasteiger partial charge in [-0.3, -0.25) is 0 Å². The molecule has 0 aliphatic carbocycles. The van der Waals surface area contributed by atoms with Crippen molar-refractivity contribution in [2.24, 2.45) is 11.7 Å². The van der Waals surface area contributed by atoms with Crippen LogP contribution in [0.1, 0.15) is 28.7 Å². The van der Waals surface area contributed by atoms with E-state index in [4.69, 9.17) is 38.4 Å². The summed E-state index contributed by atoms with van der Waals surface area (Å²) < 4.78 is 25.5. The maximum atomic E-state index is 13.9. The van der Waals surface area contributed by atoms with Crippen LogP contribution in [0.25, 0.3) is 0 Å². The van der Waals surface area contributed by atoms with E-state index in [1.165, 1.54) is 6.07 Å². The molecule has 178 valence electrons. The van der Waals surface area contributed by atoms with Crippen molar-refractivity contribution >= 4 is 23.2 Å². The van der Waals surface area contributed by atoms with Gasteiger partial charge in [0.05, 0.1) is 11.6 Å². The Morgan fingerprint density at radius 2 is 1.83 bits per heavy atom. The zero-order chi connectivity index (χ0) is 24.5. The molecule has 5 rings (SSSR count). The van der Waals surface area contributed by atoms with Gasteiger partial charge in [-0.05, 0) is 41.5 Å². The van der Waals surface area contributed by atoms with Gasteiger partial charge in [-0.15, -0.1) is 0 Å². The normalized spacial score (nSPS) is 23.4. The molecule has 0 aromatic heterocycles. The summed E-state index contributed by atoms with van der Waals surface area (Å²) in [6, 6.07) is 21.1. The molecule has 0 amide bonds. The largest absolute Gasteiger partial charge is 0.489 e. The number of halogens is 3. The van der Waals surface area contributed by atoms with Gasteiger partial charge in [0.15, 0.2) is 6.23 Å². The molecule has 4 atom stereocenters. The van der Waals surface area contributed by atoms with Gasteiger partial charge in [-0.2, -0.15) is 5.26 Å². The first kappa shape index (κ1) is 23.5. The van der Waals surface area contributed by atoms with Crippen LogP contribution in [-0.2, 0) is 11.3 Å². The molecule has 4 N–H and O–H groups in total. The highest BCUT2D eigenvalue weighted by Gasteiger charge is 2.49. The summed E-state index contributed by atoms with van der Waals surface area (Å²) in [4.78, 5) is 0. The first-order valence-electron chi connectivity index (χ1n) is 10.9. The number of hydrazine groups is 1. The van der Waals surface area contributed by atoms with Crippen LogP contribution in [0.3, 0.4) is 0 Å². The second-order valence-electron chi connectivity index (χ2n) is 8.36. The Bertz CT molecular complexity index is 1330. The van der Waals surface area contributed by atoms with E-state index in [9.17, 15) is 9.65 Å². The van der Waals surface area contributed by atoms with Crippen LogP contribution < -0.4 is 21.3 Å². The molecule has 6 nitrogen and oxygen atoms in total. The summed E-state index contributed by atoms with van der Waals surface area (Å²) in [5.41, 5.74) is 15.0. The van der Waals surface area contributed by atoms with Gasteiger partial charge in [0, 0.05) is 27.4 Å². The molecule has 0 saturated carbocycles. The summed E-state index contributed by atoms with van der Waals surface area (Å²) in [5, 5.41) is 11.0. The van der Waals surface area contributed by atoms with Crippen molar-refractivity contribution in [3.05, 3.63) is 111 Å². The zero-order valence-corrected chi connectivity index (χ0v) is 19.9. The molecule has 9 heteroatoms. The second-order valence-corrected chi connectivity index (χ2v) is 9.21. The molecule has 4 unspecified atom stereocenters. The number of ether oxygens (including phenoxy) is 2. The Morgan fingerprint density at radius 3 is 2.54 bits per heavy atom. The molecule has 1 fully saturated rings. The average Bonchev–Trinajstić information content (AvgIpc) is 3.26. The highest BCUT2D eigenvalue weighted by Crippen LogP contribution is 2.48. The number of benzene rings is 3. The molecular weight excluding hydrogens is 490 g/mol. The fraction of sp³-hybridized carbons (Fsp3) is 0.192. The van der Waals surface area contributed by atoms with Crippen LogP contribution in [0.5, 0.6) is 5.75 Å². The maximum absolute atomic E-state index is 13.9. The summed E-state index contributed by atoms with van der Waals surface area (Å²) in [7, 11) is 0. The number of hydrogen-bond acceptors (Lipinski definition) is 6. The van der Waals surface area contributed by atoms with Crippen molar-refractivity contribution in [2.75, 3.05) is 0 Å². The van der Waals surface area contributed by atoms with Gasteiger partial charge in [0.2, 0.25) is 5.88 Å². The summed E-state index contributed by atoms with van der Waals surface area (Å²) in [6.07, 6.45) is -0.481. The fourth-order valence-electron chi connectivity index (χ4n) is 4.66. The second kappa shape index (κ2) is 9.76. The van der Waals surface area contributed by atoms with Crippen molar-refractivity contribution in [2.45, 2.75) is 24.8 Å². The minimum atomic E-state index is -0.481. The van der Waals surface area contributed by atoms with Gasteiger partial charge in [0.1, 0.15) is 24.2 Å². The van der Waals surface area contributed by atoms with Crippen LogP contribution in [0.4, 0.5) is 4.39 Å². The third-order valence-corrected chi connectivity index (χ3v) is 6.90. The van der Waals surface area contributed by atoms with Gasteiger partial charge in [-0.1, -0.05) is 59.6 Å². The SMILES string of the molecule is N#CC1=C(N)OC2NNC(c3ccc(Cl)cc3Cl)C2C1c1ccc(OCc2ccccc2F)cc1. The average molecular weight is 511 g/mol. The molecule has 2 heterocycles.